The van der Waals surface area contributed by atoms with Crippen LogP contribution in [0.2, 0.25) is 0 Å². The molecule has 5 rings (SSSR count). The summed E-state index contributed by atoms with van der Waals surface area (Å²) in [5.41, 5.74) is 2.33. The Bertz CT molecular complexity index is 713. The van der Waals surface area contributed by atoms with Crippen molar-refractivity contribution in [2.45, 2.75) is 50.5 Å². The van der Waals surface area contributed by atoms with E-state index in [0.29, 0.717) is 6.61 Å². The zero-order chi connectivity index (χ0) is 15.8. The van der Waals surface area contributed by atoms with E-state index in [4.69, 9.17) is 23.7 Å². The summed E-state index contributed by atoms with van der Waals surface area (Å²) in [6.45, 7) is 4.68. The van der Waals surface area contributed by atoms with Crippen molar-refractivity contribution < 1.29 is 23.7 Å². The van der Waals surface area contributed by atoms with E-state index in [9.17, 15) is 0 Å². The number of hydrogen-bond donors (Lipinski definition) is 0. The molecule has 1 aliphatic carbocycles. The SMILES string of the molecule is CC1(C)O[C@H]2[C@@H]3OCc4cc5c(c(Br)c4[C@@H]3C=C[C@H]2O1)OCO5. The first kappa shape index (κ1) is 14.3. The van der Waals surface area contributed by atoms with Crippen LogP contribution in [0.5, 0.6) is 11.5 Å². The van der Waals surface area contributed by atoms with Crippen molar-refractivity contribution in [3.63, 3.8) is 0 Å². The third kappa shape index (κ3) is 2.02. The first-order chi connectivity index (χ1) is 11.0. The quantitative estimate of drug-likeness (QED) is 0.646. The highest BCUT2D eigenvalue weighted by Gasteiger charge is 2.51. The van der Waals surface area contributed by atoms with Gasteiger partial charge in [-0.1, -0.05) is 12.2 Å². The van der Waals surface area contributed by atoms with Gasteiger partial charge in [0.05, 0.1) is 17.2 Å². The Labute approximate surface area is 142 Å². The van der Waals surface area contributed by atoms with Crippen molar-refractivity contribution in [2.24, 2.45) is 0 Å². The molecule has 0 radical (unpaired) electrons. The molecular weight excluding hydrogens is 364 g/mol. The van der Waals surface area contributed by atoms with Gasteiger partial charge in [0.1, 0.15) is 12.2 Å². The minimum absolute atomic E-state index is 0.0550. The van der Waals surface area contributed by atoms with Gasteiger partial charge in [0.15, 0.2) is 17.3 Å². The molecule has 1 fully saturated rings. The number of halogens is 1. The molecule has 4 aliphatic rings. The maximum absolute atomic E-state index is 6.16. The molecule has 0 unspecified atom stereocenters. The minimum Gasteiger partial charge on any atom is -0.454 e. The van der Waals surface area contributed by atoms with Gasteiger partial charge in [-0.3, -0.25) is 0 Å². The molecule has 6 heteroatoms. The molecular formula is C17H17BrO5. The van der Waals surface area contributed by atoms with E-state index in [1.165, 1.54) is 5.56 Å². The predicted octanol–water partition coefficient (Wildman–Crippen LogP) is 3.25. The van der Waals surface area contributed by atoms with E-state index in [1.54, 1.807) is 0 Å². The van der Waals surface area contributed by atoms with Gasteiger partial charge in [-0.15, -0.1) is 0 Å². The zero-order valence-corrected chi connectivity index (χ0v) is 14.5. The summed E-state index contributed by atoms with van der Waals surface area (Å²) in [6, 6.07) is 2.02. The number of ether oxygens (including phenoxy) is 5. The van der Waals surface area contributed by atoms with Crippen LogP contribution in [-0.2, 0) is 20.8 Å². The van der Waals surface area contributed by atoms with Gasteiger partial charge in [0, 0.05) is 5.92 Å². The maximum Gasteiger partial charge on any atom is 0.231 e. The van der Waals surface area contributed by atoms with Gasteiger partial charge in [0.2, 0.25) is 6.79 Å². The van der Waals surface area contributed by atoms with Crippen LogP contribution >= 0.6 is 15.9 Å². The molecule has 0 bridgehead atoms. The van der Waals surface area contributed by atoms with E-state index in [0.717, 1.165) is 21.5 Å². The summed E-state index contributed by atoms with van der Waals surface area (Å²) < 4.78 is 30.3. The van der Waals surface area contributed by atoms with Crippen LogP contribution in [0.4, 0.5) is 0 Å². The fourth-order valence-corrected chi connectivity index (χ4v) is 4.78. The number of rotatable bonds is 0. The van der Waals surface area contributed by atoms with Crippen molar-refractivity contribution in [1.29, 1.82) is 0 Å². The molecule has 0 aromatic heterocycles. The lowest BCUT2D eigenvalue weighted by Gasteiger charge is -2.39. The number of fused-ring (bicyclic) bond motifs is 6. The van der Waals surface area contributed by atoms with E-state index in [2.05, 4.69) is 28.1 Å². The Morgan fingerprint density at radius 1 is 1.13 bits per heavy atom. The summed E-state index contributed by atoms with van der Waals surface area (Å²) in [5.74, 6) is 1.09. The molecule has 122 valence electrons. The van der Waals surface area contributed by atoms with Crippen LogP contribution in [0.1, 0.15) is 30.9 Å². The first-order valence-corrected chi connectivity index (χ1v) is 8.59. The van der Waals surface area contributed by atoms with Crippen molar-refractivity contribution in [2.75, 3.05) is 6.79 Å². The average molecular weight is 381 g/mol. The molecule has 3 heterocycles. The maximum atomic E-state index is 6.16. The lowest BCUT2D eigenvalue weighted by atomic mass is 9.80. The van der Waals surface area contributed by atoms with Crippen LogP contribution in [0.25, 0.3) is 0 Å². The van der Waals surface area contributed by atoms with Crippen LogP contribution in [-0.4, -0.2) is 30.9 Å². The molecule has 1 saturated heterocycles. The van der Waals surface area contributed by atoms with Crippen molar-refractivity contribution in [1.82, 2.24) is 0 Å². The van der Waals surface area contributed by atoms with E-state index < -0.39 is 5.79 Å². The summed E-state index contributed by atoms with van der Waals surface area (Å²) >= 11 is 3.71. The molecule has 1 aromatic rings. The zero-order valence-electron chi connectivity index (χ0n) is 12.9. The monoisotopic (exact) mass is 380 g/mol. The summed E-state index contributed by atoms with van der Waals surface area (Å²) in [7, 11) is 0. The van der Waals surface area contributed by atoms with Gasteiger partial charge in [-0.25, -0.2) is 0 Å². The van der Waals surface area contributed by atoms with Crippen molar-refractivity contribution >= 4 is 15.9 Å². The fourth-order valence-electron chi connectivity index (χ4n) is 3.95. The second-order valence-corrected chi connectivity index (χ2v) is 7.54. The van der Waals surface area contributed by atoms with Gasteiger partial charge < -0.3 is 23.7 Å². The molecule has 23 heavy (non-hydrogen) atoms. The largest absolute Gasteiger partial charge is 0.454 e. The molecule has 4 atom stereocenters. The van der Waals surface area contributed by atoms with Crippen LogP contribution in [0.15, 0.2) is 22.7 Å². The highest BCUT2D eigenvalue weighted by molar-refractivity contribution is 9.10. The highest BCUT2D eigenvalue weighted by atomic mass is 79.9. The molecule has 0 N–H and O–H groups in total. The normalized spacial score (nSPS) is 35.6. The highest BCUT2D eigenvalue weighted by Crippen LogP contribution is 2.51. The standard InChI is InChI=1S/C17H17BrO5/c1-17(2)22-10-4-3-9-12-8(6-19-14(9)16(10)23-17)5-11-15(13(12)18)21-7-20-11/h3-5,9-10,14,16H,6-7H2,1-2H3/t9-,10+,14+,16+/m0/s1. The summed E-state index contributed by atoms with van der Waals surface area (Å²) in [6.07, 6.45) is 4.06. The predicted molar refractivity (Wildman–Crippen MR) is 84.5 cm³/mol. The van der Waals surface area contributed by atoms with Crippen molar-refractivity contribution in [3.05, 3.63) is 33.8 Å². The Morgan fingerprint density at radius 3 is 2.87 bits per heavy atom. The molecule has 5 nitrogen and oxygen atoms in total. The number of benzene rings is 1. The Kier molecular flexibility index (Phi) is 2.93. The molecule has 0 saturated carbocycles. The van der Waals surface area contributed by atoms with Gasteiger partial charge >= 0.3 is 0 Å². The molecule has 0 amide bonds. The van der Waals surface area contributed by atoms with Gasteiger partial charge in [-0.2, -0.15) is 0 Å². The second-order valence-electron chi connectivity index (χ2n) is 6.75. The van der Waals surface area contributed by atoms with Crippen LogP contribution < -0.4 is 9.47 Å². The Hall–Kier alpha value is -1.08. The average Bonchev–Trinajstić information content (AvgIpc) is 3.09. The van der Waals surface area contributed by atoms with E-state index in [-0.39, 0.29) is 31.0 Å². The Balaban J connectivity index is 1.60. The molecule has 3 aliphatic heterocycles. The first-order valence-electron chi connectivity index (χ1n) is 7.80. The van der Waals surface area contributed by atoms with E-state index in [1.807, 2.05) is 19.9 Å². The topological polar surface area (TPSA) is 46.2 Å². The third-order valence-electron chi connectivity index (χ3n) is 4.84. The molecule has 0 spiro atoms. The summed E-state index contributed by atoms with van der Waals surface area (Å²) in [4.78, 5) is 0. The van der Waals surface area contributed by atoms with Crippen LogP contribution in [0, 0.1) is 0 Å². The van der Waals surface area contributed by atoms with Crippen molar-refractivity contribution in [3.8, 4) is 11.5 Å². The second kappa shape index (κ2) is 4.72. The van der Waals surface area contributed by atoms with E-state index >= 15 is 0 Å². The van der Waals surface area contributed by atoms with Crippen LogP contribution in [0.3, 0.4) is 0 Å². The lowest BCUT2D eigenvalue weighted by molar-refractivity contribution is -0.161. The van der Waals surface area contributed by atoms with Gasteiger partial charge in [-0.05, 0) is 47.0 Å². The lowest BCUT2D eigenvalue weighted by Crippen LogP contribution is -2.45. The Morgan fingerprint density at radius 2 is 2.00 bits per heavy atom. The fraction of sp³-hybridized carbons (Fsp3) is 0.529. The smallest absolute Gasteiger partial charge is 0.231 e. The molecule has 1 aromatic carbocycles. The third-order valence-corrected chi connectivity index (χ3v) is 5.63. The minimum atomic E-state index is -0.579. The van der Waals surface area contributed by atoms with Gasteiger partial charge in [0.25, 0.3) is 0 Å². The number of hydrogen-bond acceptors (Lipinski definition) is 5. The summed E-state index contributed by atoms with van der Waals surface area (Å²) in [5, 5.41) is 0.